The standard InChI is InChI=1S/C21H22N2O/c24-21(18-12-7-4-8-13-18)23-22-20-15-9-14-19(16-20)17-10-5-2-1-3-6-11-17/h1-8,10-13,19H,9,14-16H2,(H,23,24)/b2-1-,3-1?,5-2?,6-3-,10-5-,11-6?,17-10?,17-11+,22-20-. The number of nitrogens with one attached hydrogen (secondary N) is 1. The van der Waals surface area contributed by atoms with E-state index >= 15 is 0 Å². The molecule has 0 saturated heterocycles. The first-order valence-electron chi connectivity index (χ1n) is 8.45. The fourth-order valence-corrected chi connectivity index (χ4v) is 3.06. The van der Waals surface area contributed by atoms with Crippen molar-refractivity contribution in [3.63, 3.8) is 0 Å². The molecule has 122 valence electrons. The number of amides is 1. The van der Waals surface area contributed by atoms with Crippen LogP contribution in [-0.2, 0) is 0 Å². The Kier molecular flexibility index (Phi) is 5.56. The maximum absolute atomic E-state index is 12.1. The van der Waals surface area contributed by atoms with Crippen molar-refractivity contribution in [2.45, 2.75) is 25.7 Å². The number of hydrogen-bond acceptors (Lipinski definition) is 2. The number of carbonyl (C=O) groups is 1. The van der Waals surface area contributed by atoms with E-state index in [1.165, 1.54) is 12.0 Å². The summed E-state index contributed by atoms with van der Waals surface area (Å²) in [5.74, 6) is 0.321. The van der Waals surface area contributed by atoms with Crippen molar-refractivity contribution in [2.24, 2.45) is 11.0 Å². The van der Waals surface area contributed by atoms with E-state index in [-0.39, 0.29) is 5.91 Å². The average molecular weight is 318 g/mol. The summed E-state index contributed by atoms with van der Waals surface area (Å²) in [7, 11) is 0. The SMILES string of the molecule is O=C(N/N=C1/CCCC(C2=C/C=C\C=C/C=C\2)C1)c1ccccc1. The van der Waals surface area contributed by atoms with Gasteiger partial charge < -0.3 is 0 Å². The van der Waals surface area contributed by atoms with Crippen LogP contribution in [0.15, 0.2) is 83.5 Å². The van der Waals surface area contributed by atoms with Crippen LogP contribution in [0.2, 0.25) is 0 Å². The van der Waals surface area contributed by atoms with Crippen molar-refractivity contribution < 1.29 is 4.79 Å². The molecule has 0 bridgehead atoms. The summed E-state index contributed by atoms with van der Waals surface area (Å²) in [4.78, 5) is 12.1. The summed E-state index contributed by atoms with van der Waals surface area (Å²) in [5, 5.41) is 4.38. The fraction of sp³-hybridized carbons (Fsp3) is 0.238. The van der Waals surface area contributed by atoms with Crippen LogP contribution in [0, 0.1) is 5.92 Å². The first-order valence-corrected chi connectivity index (χ1v) is 8.45. The monoisotopic (exact) mass is 318 g/mol. The number of hydrogen-bond donors (Lipinski definition) is 1. The number of carbonyl (C=O) groups excluding carboxylic acids is 1. The normalized spacial score (nSPS) is 28.1. The van der Waals surface area contributed by atoms with E-state index in [0.717, 1.165) is 25.0 Å². The minimum atomic E-state index is -0.150. The quantitative estimate of drug-likeness (QED) is 0.815. The summed E-state index contributed by atoms with van der Waals surface area (Å²) in [6.07, 6.45) is 18.8. The highest BCUT2D eigenvalue weighted by Crippen LogP contribution is 2.29. The Bertz CT molecular complexity index is 723. The van der Waals surface area contributed by atoms with Crippen molar-refractivity contribution in [1.29, 1.82) is 0 Å². The topological polar surface area (TPSA) is 41.5 Å². The van der Waals surface area contributed by atoms with Gasteiger partial charge in [-0.25, -0.2) is 5.43 Å². The molecule has 24 heavy (non-hydrogen) atoms. The summed E-state index contributed by atoms with van der Waals surface area (Å²) < 4.78 is 0. The Morgan fingerprint density at radius 1 is 1.04 bits per heavy atom. The second-order valence-electron chi connectivity index (χ2n) is 6.07. The molecule has 3 nitrogen and oxygen atoms in total. The Balaban J connectivity index is 1.64. The second kappa shape index (κ2) is 8.25. The number of rotatable bonds is 3. The second-order valence-corrected chi connectivity index (χ2v) is 6.07. The Morgan fingerprint density at radius 2 is 1.83 bits per heavy atom. The van der Waals surface area contributed by atoms with Gasteiger partial charge in [0.05, 0.1) is 0 Å². The van der Waals surface area contributed by atoms with E-state index in [2.05, 4.69) is 34.8 Å². The van der Waals surface area contributed by atoms with Gasteiger partial charge in [-0.3, -0.25) is 4.79 Å². The lowest BCUT2D eigenvalue weighted by Gasteiger charge is -2.24. The van der Waals surface area contributed by atoms with Crippen LogP contribution in [0.4, 0.5) is 0 Å². The van der Waals surface area contributed by atoms with Gasteiger partial charge >= 0.3 is 0 Å². The third-order valence-electron chi connectivity index (χ3n) is 4.34. The molecule has 1 atom stereocenters. The molecule has 3 rings (SSSR count). The van der Waals surface area contributed by atoms with Crippen molar-refractivity contribution in [1.82, 2.24) is 5.43 Å². The summed E-state index contributed by atoms with van der Waals surface area (Å²) in [6, 6.07) is 9.20. The van der Waals surface area contributed by atoms with Crippen LogP contribution in [0.5, 0.6) is 0 Å². The zero-order valence-electron chi connectivity index (χ0n) is 13.7. The fourth-order valence-electron chi connectivity index (χ4n) is 3.06. The Labute approximate surface area is 143 Å². The number of allylic oxidation sites excluding steroid dienone is 8. The largest absolute Gasteiger partial charge is 0.271 e. The molecule has 1 amide bonds. The molecule has 2 aliphatic rings. The molecule has 1 fully saturated rings. The molecule has 2 aliphatic carbocycles. The van der Waals surface area contributed by atoms with Crippen LogP contribution >= 0.6 is 0 Å². The Hall–Kier alpha value is -2.68. The third kappa shape index (κ3) is 4.42. The van der Waals surface area contributed by atoms with Gasteiger partial charge in [0.15, 0.2) is 0 Å². The van der Waals surface area contributed by atoms with Crippen LogP contribution in [0.3, 0.4) is 0 Å². The van der Waals surface area contributed by atoms with E-state index in [1.807, 2.05) is 36.4 Å². The van der Waals surface area contributed by atoms with E-state index < -0.39 is 0 Å². The van der Waals surface area contributed by atoms with Gasteiger partial charge in [0.2, 0.25) is 0 Å². The predicted molar refractivity (Wildman–Crippen MR) is 98.8 cm³/mol. The van der Waals surface area contributed by atoms with Gasteiger partial charge in [-0.1, -0.05) is 60.7 Å². The van der Waals surface area contributed by atoms with E-state index in [0.29, 0.717) is 11.5 Å². The van der Waals surface area contributed by atoms with Gasteiger partial charge in [-0.05, 0) is 49.3 Å². The minimum absolute atomic E-state index is 0.150. The van der Waals surface area contributed by atoms with Crippen LogP contribution in [0.1, 0.15) is 36.0 Å². The molecular weight excluding hydrogens is 296 g/mol. The molecule has 0 spiro atoms. The highest BCUT2D eigenvalue weighted by molar-refractivity contribution is 5.95. The first kappa shape index (κ1) is 16.2. The molecule has 1 N–H and O–H groups in total. The van der Waals surface area contributed by atoms with E-state index in [9.17, 15) is 4.79 Å². The minimum Gasteiger partial charge on any atom is -0.267 e. The lowest BCUT2D eigenvalue weighted by atomic mass is 9.82. The summed E-state index contributed by atoms with van der Waals surface area (Å²) in [5.41, 5.74) is 5.74. The molecule has 0 aliphatic heterocycles. The first-order chi connectivity index (χ1) is 11.8. The van der Waals surface area contributed by atoms with Crippen LogP contribution in [-0.4, -0.2) is 11.6 Å². The summed E-state index contributed by atoms with van der Waals surface area (Å²) in [6.45, 7) is 0. The molecule has 1 aromatic rings. The maximum atomic E-state index is 12.1. The summed E-state index contributed by atoms with van der Waals surface area (Å²) >= 11 is 0. The number of hydrazone groups is 1. The van der Waals surface area contributed by atoms with Gasteiger partial charge in [0.25, 0.3) is 5.91 Å². The molecule has 1 saturated carbocycles. The molecule has 0 heterocycles. The average Bonchev–Trinajstić information content (AvgIpc) is 2.60. The van der Waals surface area contributed by atoms with Crippen molar-refractivity contribution in [3.8, 4) is 0 Å². The van der Waals surface area contributed by atoms with Crippen molar-refractivity contribution >= 4 is 11.6 Å². The lowest BCUT2D eigenvalue weighted by molar-refractivity contribution is 0.0954. The number of nitrogens with zero attached hydrogens (tertiary/aromatic N) is 1. The van der Waals surface area contributed by atoms with Gasteiger partial charge in [0.1, 0.15) is 0 Å². The predicted octanol–water partition coefficient (Wildman–Crippen LogP) is 4.57. The highest BCUT2D eigenvalue weighted by atomic mass is 16.2. The van der Waals surface area contributed by atoms with Crippen molar-refractivity contribution in [2.75, 3.05) is 0 Å². The molecular formula is C21H22N2O. The molecule has 0 radical (unpaired) electrons. The van der Waals surface area contributed by atoms with Crippen LogP contribution in [0.25, 0.3) is 0 Å². The van der Waals surface area contributed by atoms with Crippen molar-refractivity contribution in [3.05, 3.63) is 84.0 Å². The zero-order valence-corrected chi connectivity index (χ0v) is 13.7. The molecule has 1 unspecified atom stereocenters. The third-order valence-corrected chi connectivity index (χ3v) is 4.34. The highest BCUT2D eigenvalue weighted by Gasteiger charge is 2.20. The molecule has 1 aromatic carbocycles. The molecule has 0 aromatic heterocycles. The van der Waals surface area contributed by atoms with Gasteiger partial charge in [0, 0.05) is 11.3 Å². The van der Waals surface area contributed by atoms with E-state index in [4.69, 9.17) is 0 Å². The van der Waals surface area contributed by atoms with Gasteiger partial charge in [-0.15, -0.1) is 0 Å². The zero-order chi connectivity index (χ0) is 16.6. The Morgan fingerprint density at radius 3 is 2.71 bits per heavy atom. The smallest absolute Gasteiger partial charge is 0.267 e. The lowest BCUT2D eigenvalue weighted by Crippen LogP contribution is -2.23. The maximum Gasteiger partial charge on any atom is 0.271 e. The number of benzene rings is 1. The van der Waals surface area contributed by atoms with Crippen LogP contribution < -0.4 is 5.43 Å². The van der Waals surface area contributed by atoms with E-state index in [1.54, 1.807) is 12.1 Å². The molecule has 3 heteroatoms. The van der Waals surface area contributed by atoms with Gasteiger partial charge in [-0.2, -0.15) is 5.10 Å².